The second kappa shape index (κ2) is 11.4. The van der Waals surface area contributed by atoms with Gasteiger partial charge in [0.25, 0.3) is 0 Å². The molecule has 0 saturated carbocycles. The van der Waals surface area contributed by atoms with Crippen LogP contribution in [0.1, 0.15) is 71.6 Å². The predicted molar refractivity (Wildman–Crippen MR) is 138 cm³/mol. The van der Waals surface area contributed by atoms with Gasteiger partial charge in [-0.3, -0.25) is 4.90 Å². The molecule has 6 unspecified atom stereocenters. The molecule has 32 heavy (non-hydrogen) atoms. The fourth-order valence-electron chi connectivity index (χ4n) is 6.34. The van der Waals surface area contributed by atoms with Gasteiger partial charge in [0.2, 0.25) is 0 Å². The molecule has 4 rings (SSSR count). The van der Waals surface area contributed by atoms with Gasteiger partial charge in [-0.1, -0.05) is 73.6 Å². The maximum Gasteiger partial charge on any atom is 0.0825 e. The Morgan fingerprint density at radius 3 is 2.66 bits per heavy atom. The molecule has 0 bridgehead atoms. The van der Waals surface area contributed by atoms with Gasteiger partial charge in [0, 0.05) is 17.7 Å². The van der Waals surface area contributed by atoms with Gasteiger partial charge in [-0.05, 0) is 89.2 Å². The van der Waals surface area contributed by atoms with Gasteiger partial charge in [-0.25, -0.2) is 0 Å². The van der Waals surface area contributed by atoms with Gasteiger partial charge in [0.15, 0.2) is 0 Å². The SMILES string of the molecule is C/C=C\C(CCC)C1=CCC(C2C=C(C3C=CC=CC3)NC(C3CC=CCC3)N2C)CC1. The lowest BCUT2D eigenvalue weighted by atomic mass is 9.77. The Hall–Kier alpha value is -1.80. The zero-order valence-electron chi connectivity index (χ0n) is 20.5. The monoisotopic (exact) mass is 432 g/mol. The molecule has 2 nitrogen and oxygen atoms in total. The minimum Gasteiger partial charge on any atom is -0.372 e. The number of rotatable bonds is 7. The number of hydrogen-bond donors (Lipinski definition) is 1. The van der Waals surface area contributed by atoms with E-state index < -0.39 is 0 Å². The summed E-state index contributed by atoms with van der Waals surface area (Å²) in [4.78, 5) is 2.69. The average molecular weight is 433 g/mol. The second-order valence-electron chi connectivity index (χ2n) is 10.3. The maximum absolute atomic E-state index is 4.02. The van der Waals surface area contributed by atoms with E-state index in [1.165, 1.54) is 57.1 Å². The van der Waals surface area contributed by atoms with E-state index in [9.17, 15) is 0 Å². The molecule has 1 N–H and O–H groups in total. The van der Waals surface area contributed by atoms with Crippen LogP contribution in [0, 0.1) is 23.7 Å². The number of hydrogen-bond acceptors (Lipinski definition) is 2. The fourth-order valence-corrected chi connectivity index (χ4v) is 6.34. The molecule has 0 aromatic carbocycles. The predicted octanol–water partition coefficient (Wildman–Crippen LogP) is 7.31. The highest BCUT2D eigenvalue weighted by Crippen LogP contribution is 2.38. The quantitative estimate of drug-likeness (QED) is 0.424. The molecule has 0 aromatic heterocycles. The molecule has 0 amide bonds. The van der Waals surface area contributed by atoms with Gasteiger partial charge < -0.3 is 5.32 Å². The lowest BCUT2D eigenvalue weighted by Gasteiger charge is -2.48. The molecule has 2 heteroatoms. The third-order valence-corrected chi connectivity index (χ3v) is 8.18. The van der Waals surface area contributed by atoms with Crippen molar-refractivity contribution >= 4 is 0 Å². The zero-order chi connectivity index (χ0) is 22.3. The van der Waals surface area contributed by atoms with Crippen LogP contribution in [0.15, 0.2) is 72.0 Å². The van der Waals surface area contributed by atoms with Crippen molar-refractivity contribution in [1.82, 2.24) is 10.2 Å². The Kier molecular flexibility index (Phi) is 8.30. The Bertz CT molecular complexity index is 796. The summed E-state index contributed by atoms with van der Waals surface area (Å²) in [6.07, 6.45) is 35.5. The van der Waals surface area contributed by atoms with E-state index in [1.54, 1.807) is 5.57 Å². The van der Waals surface area contributed by atoms with Gasteiger partial charge in [-0.15, -0.1) is 0 Å². The molecule has 0 spiro atoms. The average Bonchev–Trinajstić information content (AvgIpc) is 2.85. The van der Waals surface area contributed by atoms with Crippen LogP contribution in [0.2, 0.25) is 0 Å². The van der Waals surface area contributed by atoms with Crippen LogP contribution in [-0.2, 0) is 0 Å². The number of nitrogens with one attached hydrogen (secondary N) is 1. The molecule has 3 aliphatic carbocycles. The van der Waals surface area contributed by atoms with Crippen LogP contribution in [0.5, 0.6) is 0 Å². The van der Waals surface area contributed by atoms with Crippen molar-refractivity contribution in [2.24, 2.45) is 23.7 Å². The van der Waals surface area contributed by atoms with Gasteiger partial charge in [0.1, 0.15) is 0 Å². The Morgan fingerprint density at radius 1 is 1.09 bits per heavy atom. The number of likely N-dealkylation sites (N-methyl/N-ethyl adjacent to an activating group) is 1. The van der Waals surface area contributed by atoms with E-state index in [4.69, 9.17) is 0 Å². The van der Waals surface area contributed by atoms with Crippen molar-refractivity contribution in [3.63, 3.8) is 0 Å². The number of nitrogens with zero attached hydrogens (tertiary/aromatic N) is 1. The first kappa shape index (κ1) is 23.4. The third kappa shape index (κ3) is 5.39. The van der Waals surface area contributed by atoms with Crippen molar-refractivity contribution in [2.75, 3.05) is 7.05 Å². The lowest BCUT2D eigenvalue weighted by Crippen LogP contribution is -2.58. The van der Waals surface area contributed by atoms with Gasteiger partial charge in [0.05, 0.1) is 6.17 Å². The molecule has 0 saturated heterocycles. The van der Waals surface area contributed by atoms with Crippen molar-refractivity contribution in [3.8, 4) is 0 Å². The molecule has 1 heterocycles. The topological polar surface area (TPSA) is 15.3 Å². The third-order valence-electron chi connectivity index (χ3n) is 8.18. The summed E-state index contributed by atoms with van der Waals surface area (Å²) in [6.45, 7) is 4.48. The highest BCUT2D eigenvalue weighted by molar-refractivity contribution is 5.26. The van der Waals surface area contributed by atoms with E-state index in [0.717, 1.165) is 12.3 Å². The van der Waals surface area contributed by atoms with Crippen LogP contribution < -0.4 is 5.32 Å². The van der Waals surface area contributed by atoms with Crippen molar-refractivity contribution in [2.45, 2.75) is 83.8 Å². The first-order valence-corrected chi connectivity index (χ1v) is 13.2. The Labute approximate surface area is 196 Å². The standard InChI is InChI=1S/C30H44N2/c1-4-12-23(13-5-2)24-18-20-26(21-19-24)29-22-28(25-14-8-6-9-15-25)31-30(32(29)3)27-16-10-7-11-17-27/h4,6-10,12,14,18,22-23,25-27,29-31H,5,11,13,15-17,19-21H2,1-3H3/b12-4-. The molecule has 4 aliphatic rings. The van der Waals surface area contributed by atoms with Crippen LogP contribution in [0.4, 0.5) is 0 Å². The van der Waals surface area contributed by atoms with Crippen LogP contribution >= 0.6 is 0 Å². The van der Waals surface area contributed by atoms with Gasteiger partial charge in [-0.2, -0.15) is 0 Å². The summed E-state index contributed by atoms with van der Waals surface area (Å²) in [7, 11) is 2.38. The van der Waals surface area contributed by atoms with E-state index in [0.29, 0.717) is 30.0 Å². The van der Waals surface area contributed by atoms with Crippen molar-refractivity contribution in [1.29, 1.82) is 0 Å². The van der Waals surface area contributed by atoms with E-state index in [2.05, 4.69) is 91.9 Å². The van der Waals surface area contributed by atoms with E-state index >= 15 is 0 Å². The van der Waals surface area contributed by atoms with E-state index in [1.807, 2.05) is 0 Å². The molecule has 6 atom stereocenters. The van der Waals surface area contributed by atoms with E-state index in [-0.39, 0.29) is 0 Å². The number of allylic oxidation sites excluding steroid dienone is 10. The summed E-state index contributed by atoms with van der Waals surface area (Å²) < 4.78 is 0. The highest BCUT2D eigenvalue weighted by atomic mass is 15.3. The highest BCUT2D eigenvalue weighted by Gasteiger charge is 2.38. The van der Waals surface area contributed by atoms with Crippen LogP contribution in [0.3, 0.4) is 0 Å². The van der Waals surface area contributed by atoms with Crippen LogP contribution in [0.25, 0.3) is 0 Å². The largest absolute Gasteiger partial charge is 0.372 e. The van der Waals surface area contributed by atoms with Crippen LogP contribution in [-0.4, -0.2) is 24.2 Å². The minimum atomic E-state index is 0.450. The molecular weight excluding hydrogens is 388 g/mol. The second-order valence-corrected chi connectivity index (χ2v) is 10.3. The molecule has 0 radical (unpaired) electrons. The summed E-state index contributed by atoms with van der Waals surface area (Å²) in [5, 5.41) is 4.02. The smallest absolute Gasteiger partial charge is 0.0825 e. The Morgan fingerprint density at radius 2 is 2.00 bits per heavy atom. The molecule has 0 fully saturated rings. The maximum atomic E-state index is 4.02. The minimum absolute atomic E-state index is 0.450. The zero-order valence-corrected chi connectivity index (χ0v) is 20.5. The van der Waals surface area contributed by atoms with Crippen molar-refractivity contribution in [3.05, 3.63) is 72.0 Å². The molecule has 1 aliphatic heterocycles. The summed E-state index contributed by atoms with van der Waals surface area (Å²) in [5.74, 6) is 2.59. The fraction of sp³-hybridized carbons (Fsp3) is 0.600. The molecule has 174 valence electrons. The Balaban J connectivity index is 1.54. The first-order valence-electron chi connectivity index (χ1n) is 13.2. The normalized spacial score (nSPS) is 34.3. The first-order chi connectivity index (χ1) is 15.7. The van der Waals surface area contributed by atoms with Gasteiger partial charge >= 0.3 is 0 Å². The lowest BCUT2D eigenvalue weighted by molar-refractivity contribution is 0.0701. The summed E-state index contributed by atoms with van der Waals surface area (Å²) >= 11 is 0. The molecular formula is C30H44N2. The summed E-state index contributed by atoms with van der Waals surface area (Å²) in [6, 6.07) is 0.533. The van der Waals surface area contributed by atoms with Crippen molar-refractivity contribution < 1.29 is 0 Å². The molecule has 0 aromatic rings. The summed E-state index contributed by atoms with van der Waals surface area (Å²) in [5.41, 5.74) is 3.16.